The second kappa shape index (κ2) is 7.91. The number of hydrogen-bond donors (Lipinski definition) is 0. The van der Waals surface area contributed by atoms with Crippen LogP contribution in [-0.4, -0.2) is 42.4 Å². The van der Waals surface area contributed by atoms with Crippen molar-refractivity contribution in [2.24, 2.45) is 0 Å². The van der Waals surface area contributed by atoms with Crippen LogP contribution < -0.4 is 9.47 Å². The molecule has 0 saturated carbocycles. The number of hydrogen-bond acceptors (Lipinski definition) is 4. The predicted octanol–water partition coefficient (Wildman–Crippen LogP) is 4.39. The first-order valence-electron chi connectivity index (χ1n) is 9.61. The lowest BCUT2D eigenvalue weighted by molar-refractivity contribution is -0.129. The third-order valence-corrected chi connectivity index (χ3v) is 5.79. The summed E-state index contributed by atoms with van der Waals surface area (Å²) in [5.41, 5.74) is 0.926. The molecule has 2 aromatic rings. The number of carbonyl (C=O) groups is 2. The third kappa shape index (κ3) is 4.15. The Balaban J connectivity index is 1.42. The average Bonchev–Trinajstić information content (AvgIpc) is 2.72. The molecule has 1 spiro atoms. The lowest BCUT2D eigenvalue weighted by atomic mass is 9.82. The van der Waals surface area contributed by atoms with Crippen molar-refractivity contribution in [3.63, 3.8) is 0 Å². The van der Waals surface area contributed by atoms with Crippen LogP contribution in [0.1, 0.15) is 35.2 Å². The van der Waals surface area contributed by atoms with Crippen LogP contribution in [0.2, 0.25) is 5.02 Å². The summed E-state index contributed by atoms with van der Waals surface area (Å²) in [7, 11) is 1.59. The van der Waals surface area contributed by atoms with Crippen LogP contribution in [0.3, 0.4) is 0 Å². The van der Waals surface area contributed by atoms with Crippen molar-refractivity contribution in [3.8, 4) is 11.5 Å². The summed E-state index contributed by atoms with van der Waals surface area (Å²) in [4.78, 5) is 27.0. The van der Waals surface area contributed by atoms with Gasteiger partial charge in [-0.25, -0.2) is 0 Å². The molecule has 2 aromatic carbocycles. The molecule has 4 rings (SSSR count). The molecule has 1 saturated heterocycles. The maximum absolute atomic E-state index is 12.6. The Bertz CT molecular complexity index is 977. The van der Waals surface area contributed by atoms with Crippen LogP contribution >= 0.6 is 11.6 Å². The molecule has 2 aliphatic rings. The van der Waals surface area contributed by atoms with E-state index in [-0.39, 0.29) is 11.7 Å². The number of Topliss-reactive ketones (excluding diaryl/α,β-unsaturated/α-hetero) is 1. The molecule has 150 valence electrons. The van der Waals surface area contributed by atoms with Crippen molar-refractivity contribution in [1.29, 1.82) is 0 Å². The number of nitrogens with zero attached hydrogens (tertiary/aromatic N) is 1. The summed E-state index contributed by atoms with van der Waals surface area (Å²) >= 11 is 5.98. The molecule has 0 unspecified atom stereocenters. The third-order valence-electron chi connectivity index (χ3n) is 5.55. The standard InChI is InChI=1S/C23H22ClNO4/c1-28-18-6-7-19-20(26)15-23(29-21(19)14-18)9-11-25(12-10-23)22(27)8-5-16-3-2-4-17(24)13-16/h2-8,13-14H,9-12,15H2,1H3/b8-5+. The summed E-state index contributed by atoms with van der Waals surface area (Å²) < 4.78 is 11.5. The average molecular weight is 412 g/mol. The Morgan fingerprint density at radius 2 is 2.00 bits per heavy atom. The van der Waals surface area contributed by atoms with Gasteiger partial charge in [0.15, 0.2) is 5.78 Å². The number of carbonyl (C=O) groups excluding carboxylic acids is 2. The second-order valence-electron chi connectivity index (χ2n) is 7.46. The number of halogens is 1. The van der Waals surface area contributed by atoms with Crippen molar-refractivity contribution in [2.75, 3.05) is 20.2 Å². The number of piperidine rings is 1. The number of methoxy groups -OCH3 is 1. The van der Waals surface area contributed by atoms with Crippen molar-refractivity contribution in [2.45, 2.75) is 24.9 Å². The highest BCUT2D eigenvalue weighted by molar-refractivity contribution is 6.30. The predicted molar refractivity (Wildman–Crippen MR) is 112 cm³/mol. The lowest BCUT2D eigenvalue weighted by Gasteiger charge is -2.43. The van der Waals surface area contributed by atoms with Gasteiger partial charge in [-0.1, -0.05) is 23.7 Å². The lowest BCUT2D eigenvalue weighted by Crippen LogP contribution is -2.52. The number of rotatable bonds is 3. The van der Waals surface area contributed by atoms with Crippen molar-refractivity contribution in [1.82, 2.24) is 4.90 Å². The van der Waals surface area contributed by atoms with E-state index in [2.05, 4.69) is 0 Å². The van der Waals surface area contributed by atoms with Crippen molar-refractivity contribution >= 4 is 29.4 Å². The van der Waals surface area contributed by atoms with Gasteiger partial charge in [-0.3, -0.25) is 9.59 Å². The van der Waals surface area contributed by atoms with E-state index >= 15 is 0 Å². The fourth-order valence-electron chi connectivity index (χ4n) is 3.90. The van der Waals surface area contributed by atoms with Gasteiger partial charge in [0, 0.05) is 43.1 Å². The van der Waals surface area contributed by atoms with Gasteiger partial charge in [-0.15, -0.1) is 0 Å². The molecule has 0 N–H and O–H groups in total. The Labute approximate surface area is 174 Å². The van der Waals surface area contributed by atoms with Crippen LogP contribution in [0, 0.1) is 0 Å². The Morgan fingerprint density at radius 3 is 2.72 bits per heavy atom. The maximum Gasteiger partial charge on any atom is 0.246 e. The van der Waals surface area contributed by atoms with Gasteiger partial charge in [-0.2, -0.15) is 0 Å². The van der Waals surface area contributed by atoms with Crippen LogP contribution in [0.25, 0.3) is 6.08 Å². The van der Waals surface area contributed by atoms with Crippen LogP contribution in [0.15, 0.2) is 48.5 Å². The highest BCUT2D eigenvalue weighted by atomic mass is 35.5. The van der Waals surface area contributed by atoms with Gasteiger partial charge in [0.25, 0.3) is 0 Å². The number of ether oxygens (including phenoxy) is 2. The maximum atomic E-state index is 12.6. The highest BCUT2D eigenvalue weighted by Crippen LogP contribution is 2.40. The molecule has 1 fully saturated rings. The number of ketones is 1. The van der Waals surface area contributed by atoms with Crippen LogP contribution in [0.4, 0.5) is 0 Å². The summed E-state index contributed by atoms with van der Waals surface area (Å²) in [5.74, 6) is 1.26. The molecule has 5 nitrogen and oxygen atoms in total. The first-order valence-corrected chi connectivity index (χ1v) is 9.99. The summed E-state index contributed by atoms with van der Waals surface area (Å²) in [5, 5.41) is 0.635. The van der Waals surface area contributed by atoms with Crippen LogP contribution in [-0.2, 0) is 4.79 Å². The Hall–Kier alpha value is -2.79. The van der Waals surface area contributed by atoms with Gasteiger partial charge in [-0.05, 0) is 35.9 Å². The number of fused-ring (bicyclic) bond motifs is 1. The SMILES string of the molecule is COc1ccc2c(c1)OC1(CCN(C(=O)/C=C/c3cccc(Cl)c3)CC1)CC2=O. The minimum atomic E-state index is -0.552. The van der Waals surface area contributed by atoms with E-state index < -0.39 is 5.60 Å². The molecule has 29 heavy (non-hydrogen) atoms. The van der Waals surface area contributed by atoms with E-state index in [1.807, 2.05) is 18.2 Å². The van der Waals surface area contributed by atoms with Gasteiger partial charge >= 0.3 is 0 Å². The number of amides is 1. The molecule has 2 aliphatic heterocycles. The first-order chi connectivity index (χ1) is 14.0. The molecular weight excluding hydrogens is 390 g/mol. The summed E-state index contributed by atoms with van der Waals surface area (Å²) in [6.07, 6.45) is 4.91. The Kier molecular flexibility index (Phi) is 5.33. The zero-order valence-electron chi connectivity index (χ0n) is 16.2. The molecule has 0 bridgehead atoms. The van der Waals surface area contributed by atoms with E-state index in [9.17, 15) is 9.59 Å². The normalized spacial score (nSPS) is 17.9. The summed E-state index contributed by atoms with van der Waals surface area (Å²) in [6, 6.07) is 12.6. The second-order valence-corrected chi connectivity index (χ2v) is 7.90. The molecule has 0 radical (unpaired) electrons. The zero-order valence-corrected chi connectivity index (χ0v) is 16.9. The number of benzene rings is 2. The first kappa shape index (κ1) is 19.5. The van der Waals surface area contributed by atoms with Crippen molar-refractivity contribution in [3.05, 3.63) is 64.7 Å². The van der Waals surface area contributed by atoms with E-state index in [0.29, 0.717) is 54.4 Å². The van der Waals surface area contributed by atoms with Gasteiger partial charge in [0.2, 0.25) is 5.91 Å². The fourth-order valence-corrected chi connectivity index (χ4v) is 4.10. The van der Waals surface area contributed by atoms with Crippen LogP contribution in [0.5, 0.6) is 11.5 Å². The zero-order chi connectivity index (χ0) is 20.4. The van der Waals surface area contributed by atoms with Gasteiger partial charge in [0.05, 0.1) is 19.1 Å². The minimum absolute atomic E-state index is 0.0518. The molecular formula is C23H22ClNO4. The molecule has 0 aromatic heterocycles. The minimum Gasteiger partial charge on any atom is -0.497 e. The molecule has 2 heterocycles. The van der Waals surface area contributed by atoms with E-state index in [4.69, 9.17) is 21.1 Å². The highest BCUT2D eigenvalue weighted by Gasteiger charge is 2.43. The molecule has 0 aliphatic carbocycles. The van der Waals surface area contributed by atoms with E-state index in [1.54, 1.807) is 48.4 Å². The van der Waals surface area contributed by atoms with E-state index in [1.165, 1.54) is 0 Å². The van der Waals surface area contributed by atoms with Crippen molar-refractivity contribution < 1.29 is 19.1 Å². The molecule has 6 heteroatoms. The van der Waals surface area contributed by atoms with E-state index in [0.717, 1.165) is 5.56 Å². The fraction of sp³-hybridized carbons (Fsp3) is 0.304. The van der Waals surface area contributed by atoms with Gasteiger partial charge < -0.3 is 14.4 Å². The summed E-state index contributed by atoms with van der Waals surface area (Å²) in [6.45, 7) is 1.09. The largest absolute Gasteiger partial charge is 0.497 e. The smallest absolute Gasteiger partial charge is 0.246 e. The molecule has 1 amide bonds. The Morgan fingerprint density at radius 1 is 1.21 bits per heavy atom. The number of likely N-dealkylation sites (tertiary alicyclic amines) is 1. The topological polar surface area (TPSA) is 55.8 Å². The van der Waals surface area contributed by atoms with Gasteiger partial charge in [0.1, 0.15) is 17.1 Å². The molecule has 0 atom stereocenters. The quantitative estimate of drug-likeness (QED) is 0.703. The monoisotopic (exact) mass is 411 g/mol.